The van der Waals surface area contributed by atoms with Gasteiger partial charge in [-0.3, -0.25) is 28.7 Å². The second-order valence-corrected chi connectivity index (χ2v) is 10.1. The number of imide groups is 1. The van der Waals surface area contributed by atoms with Crippen LogP contribution in [-0.4, -0.2) is 34.5 Å². The summed E-state index contributed by atoms with van der Waals surface area (Å²) in [5.41, 5.74) is 1.82. The lowest BCUT2D eigenvalue weighted by atomic mass is 10.1. The summed E-state index contributed by atoms with van der Waals surface area (Å²) in [6.45, 7) is 1.67. The van der Waals surface area contributed by atoms with Gasteiger partial charge < -0.3 is 0 Å². The van der Waals surface area contributed by atoms with Gasteiger partial charge in [0, 0.05) is 7.05 Å². The van der Waals surface area contributed by atoms with E-state index in [1.54, 1.807) is 67.2 Å². The summed E-state index contributed by atoms with van der Waals surface area (Å²) >= 11 is 0. The summed E-state index contributed by atoms with van der Waals surface area (Å²) < 4.78 is 31.6. The van der Waals surface area contributed by atoms with Crippen molar-refractivity contribution < 1.29 is 18.0 Å². The van der Waals surface area contributed by atoms with E-state index in [9.17, 15) is 22.8 Å². The molecule has 2 amide bonds. The van der Waals surface area contributed by atoms with Crippen molar-refractivity contribution in [1.29, 1.82) is 0 Å². The minimum Gasteiger partial charge on any atom is -0.283 e. The summed E-state index contributed by atoms with van der Waals surface area (Å²) in [4.78, 5) is 39.4. The van der Waals surface area contributed by atoms with Gasteiger partial charge in [-0.25, -0.2) is 13.1 Å². The van der Waals surface area contributed by atoms with Gasteiger partial charge in [0.25, 0.3) is 27.4 Å². The molecule has 2 heterocycles. The third-order valence-corrected chi connectivity index (χ3v) is 7.61. The van der Waals surface area contributed by atoms with Crippen molar-refractivity contribution in [2.24, 2.45) is 7.05 Å². The van der Waals surface area contributed by atoms with E-state index in [1.165, 1.54) is 28.9 Å². The van der Waals surface area contributed by atoms with E-state index < -0.39 is 15.6 Å². The molecule has 0 saturated heterocycles. The zero-order valence-electron chi connectivity index (χ0n) is 19.5. The van der Waals surface area contributed by atoms with Crippen molar-refractivity contribution in [3.05, 3.63) is 112 Å². The summed E-state index contributed by atoms with van der Waals surface area (Å²) in [5.74, 6) is -0.772. The number of anilines is 1. The van der Waals surface area contributed by atoms with Crippen LogP contribution in [0.2, 0.25) is 0 Å². The van der Waals surface area contributed by atoms with Gasteiger partial charge in [0.1, 0.15) is 5.69 Å². The van der Waals surface area contributed by atoms with Crippen molar-refractivity contribution in [2.45, 2.75) is 18.4 Å². The first-order valence-electron chi connectivity index (χ1n) is 11.1. The van der Waals surface area contributed by atoms with E-state index in [1.807, 2.05) is 6.07 Å². The molecule has 3 aromatic carbocycles. The summed E-state index contributed by atoms with van der Waals surface area (Å²) in [6.07, 6.45) is 0. The molecule has 182 valence electrons. The fourth-order valence-electron chi connectivity index (χ4n) is 4.22. The molecule has 1 aromatic heterocycles. The number of rotatable bonds is 6. The average Bonchev–Trinajstić information content (AvgIpc) is 3.24. The summed E-state index contributed by atoms with van der Waals surface area (Å²) in [5, 5.41) is 0. The lowest BCUT2D eigenvalue weighted by molar-refractivity contribution is 0.0642. The van der Waals surface area contributed by atoms with Gasteiger partial charge in [-0.05, 0) is 48.9 Å². The maximum Gasteiger partial charge on any atom is 0.296 e. The lowest BCUT2D eigenvalue weighted by Crippen LogP contribution is -2.29. The van der Waals surface area contributed by atoms with Crippen LogP contribution in [-0.2, 0) is 23.6 Å². The number of hydrogen-bond donors (Lipinski definition) is 1. The van der Waals surface area contributed by atoms with Gasteiger partial charge in [-0.1, -0.05) is 42.5 Å². The zero-order valence-corrected chi connectivity index (χ0v) is 20.3. The van der Waals surface area contributed by atoms with Gasteiger partial charge >= 0.3 is 0 Å². The number of nitrogens with one attached hydrogen (secondary N) is 1. The van der Waals surface area contributed by atoms with Crippen LogP contribution in [0.3, 0.4) is 0 Å². The minimum atomic E-state index is -4.08. The molecule has 0 fully saturated rings. The van der Waals surface area contributed by atoms with Gasteiger partial charge in [-0.15, -0.1) is 0 Å². The van der Waals surface area contributed by atoms with Crippen molar-refractivity contribution in [1.82, 2.24) is 14.3 Å². The molecule has 36 heavy (non-hydrogen) atoms. The molecule has 10 heteroatoms. The van der Waals surface area contributed by atoms with Gasteiger partial charge in [0.2, 0.25) is 0 Å². The number of carbonyl (C=O) groups excluding carboxylic acids is 2. The van der Waals surface area contributed by atoms with Gasteiger partial charge in [0.15, 0.2) is 0 Å². The molecular formula is C26H22N4O5S. The molecule has 0 unspecified atom stereocenters. The van der Waals surface area contributed by atoms with Crippen LogP contribution in [0.5, 0.6) is 0 Å². The van der Waals surface area contributed by atoms with E-state index in [-0.39, 0.29) is 28.9 Å². The standard InChI is InChI=1S/C26H22N4O5S/c1-17-23(26(33)30(28(17)2)19-8-4-3-5-9-19)27-36(34,35)20-14-12-18(13-15-20)16-29-24(31)21-10-6-7-11-22(21)25(29)32/h3-15,27H,16H2,1-2H3. The van der Waals surface area contributed by atoms with E-state index in [2.05, 4.69) is 4.72 Å². The van der Waals surface area contributed by atoms with Crippen LogP contribution < -0.4 is 10.3 Å². The van der Waals surface area contributed by atoms with E-state index in [0.717, 1.165) is 4.90 Å². The highest BCUT2D eigenvalue weighted by molar-refractivity contribution is 7.92. The fraction of sp³-hybridized carbons (Fsp3) is 0.115. The number of carbonyl (C=O) groups is 2. The largest absolute Gasteiger partial charge is 0.296 e. The Hall–Kier alpha value is -4.44. The Morgan fingerprint density at radius 2 is 1.33 bits per heavy atom. The molecule has 0 spiro atoms. The van der Waals surface area contributed by atoms with Crippen LogP contribution in [0.25, 0.3) is 5.69 Å². The monoisotopic (exact) mass is 502 g/mol. The molecule has 0 atom stereocenters. The van der Waals surface area contributed by atoms with Crippen molar-refractivity contribution in [3.8, 4) is 5.69 Å². The van der Waals surface area contributed by atoms with Gasteiger partial charge in [-0.2, -0.15) is 0 Å². The van der Waals surface area contributed by atoms with Crippen LogP contribution in [0.4, 0.5) is 5.69 Å². The molecule has 5 rings (SSSR count). The lowest BCUT2D eigenvalue weighted by Gasteiger charge is -2.14. The zero-order chi connectivity index (χ0) is 25.6. The maximum atomic E-state index is 13.1. The molecule has 0 bridgehead atoms. The average molecular weight is 503 g/mol. The molecule has 1 N–H and O–H groups in total. The predicted molar refractivity (Wildman–Crippen MR) is 134 cm³/mol. The second-order valence-electron chi connectivity index (χ2n) is 8.43. The first-order valence-corrected chi connectivity index (χ1v) is 12.6. The van der Waals surface area contributed by atoms with Crippen molar-refractivity contribution >= 4 is 27.5 Å². The van der Waals surface area contributed by atoms with Crippen LogP contribution >= 0.6 is 0 Å². The van der Waals surface area contributed by atoms with Crippen molar-refractivity contribution in [2.75, 3.05) is 4.72 Å². The third-order valence-electron chi connectivity index (χ3n) is 6.24. The molecule has 0 radical (unpaired) electrons. The number of fused-ring (bicyclic) bond motifs is 1. The number of hydrogen-bond acceptors (Lipinski definition) is 5. The van der Waals surface area contributed by atoms with Crippen LogP contribution in [0.15, 0.2) is 88.6 Å². The first kappa shape index (κ1) is 23.3. The Morgan fingerprint density at radius 3 is 1.92 bits per heavy atom. The Morgan fingerprint density at radius 1 is 0.778 bits per heavy atom. The van der Waals surface area contributed by atoms with E-state index >= 15 is 0 Å². The van der Waals surface area contributed by atoms with E-state index in [0.29, 0.717) is 28.1 Å². The normalized spacial score (nSPS) is 13.2. The second kappa shape index (κ2) is 8.65. The Labute approximate surface area is 207 Å². The summed E-state index contributed by atoms with van der Waals surface area (Å²) in [6, 6.07) is 21.4. The quantitative estimate of drug-likeness (QED) is 0.408. The number of amides is 2. The molecule has 9 nitrogen and oxygen atoms in total. The molecule has 0 saturated carbocycles. The molecule has 1 aliphatic rings. The molecular weight excluding hydrogens is 480 g/mol. The highest BCUT2D eigenvalue weighted by Crippen LogP contribution is 2.25. The number of sulfonamides is 1. The van der Waals surface area contributed by atoms with E-state index in [4.69, 9.17) is 0 Å². The highest BCUT2D eigenvalue weighted by Gasteiger charge is 2.35. The maximum absolute atomic E-state index is 13.1. The topological polar surface area (TPSA) is 110 Å². The fourth-order valence-corrected chi connectivity index (χ4v) is 5.33. The van der Waals surface area contributed by atoms with Crippen LogP contribution in [0.1, 0.15) is 32.0 Å². The molecule has 0 aliphatic carbocycles. The number of para-hydroxylation sites is 1. The first-order chi connectivity index (χ1) is 17.2. The predicted octanol–water partition coefficient (Wildman–Crippen LogP) is 3.08. The third kappa shape index (κ3) is 3.81. The van der Waals surface area contributed by atoms with Crippen molar-refractivity contribution in [3.63, 3.8) is 0 Å². The van der Waals surface area contributed by atoms with Crippen LogP contribution in [0, 0.1) is 6.92 Å². The number of benzene rings is 3. The minimum absolute atomic E-state index is 0.0136. The molecule has 4 aromatic rings. The Bertz CT molecular complexity index is 1630. The Kier molecular flexibility index (Phi) is 5.60. The molecule has 1 aliphatic heterocycles. The SMILES string of the molecule is Cc1c(NS(=O)(=O)c2ccc(CN3C(=O)c4ccccc4C3=O)cc2)c(=O)n(-c2ccccc2)n1C. The smallest absolute Gasteiger partial charge is 0.283 e. The Balaban J connectivity index is 1.38. The highest BCUT2D eigenvalue weighted by atomic mass is 32.2. The number of nitrogens with zero attached hydrogens (tertiary/aromatic N) is 3. The summed E-state index contributed by atoms with van der Waals surface area (Å²) in [7, 11) is -2.40. The number of aromatic nitrogens is 2. The van der Waals surface area contributed by atoms with Gasteiger partial charge in [0.05, 0.1) is 33.9 Å².